The number of piperidine rings is 1. The molecule has 0 aromatic heterocycles. The van der Waals surface area contributed by atoms with E-state index >= 15 is 0 Å². The standard InChI is InChI=1S/C13H24N2O/c1-9(10-4-5-10)12(16)15-7-6-11(14)13(2,3)8-15/h9-11H,4-8,14H2,1-3H3. The van der Waals surface area contributed by atoms with E-state index in [1.807, 2.05) is 4.90 Å². The first-order chi connectivity index (χ1) is 7.42. The molecule has 1 aliphatic heterocycles. The van der Waals surface area contributed by atoms with Crippen molar-refractivity contribution in [2.75, 3.05) is 13.1 Å². The highest BCUT2D eigenvalue weighted by atomic mass is 16.2. The monoisotopic (exact) mass is 224 g/mol. The highest BCUT2D eigenvalue weighted by molar-refractivity contribution is 5.79. The molecule has 16 heavy (non-hydrogen) atoms. The Balaban J connectivity index is 1.97. The van der Waals surface area contributed by atoms with Crippen LogP contribution < -0.4 is 5.73 Å². The van der Waals surface area contributed by atoms with Crippen LogP contribution in [0.1, 0.15) is 40.0 Å². The van der Waals surface area contributed by atoms with Gasteiger partial charge in [-0.3, -0.25) is 4.79 Å². The molecule has 2 N–H and O–H groups in total. The number of hydrogen-bond acceptors (Lipinski definition) is 2. The average Bonchev–Trinajstić information content (AvgIpc) is 3.03. The summed E-state index contributed by atoms with van der Waals surface area (Å²) in [5.41, 5.74) is 6.15. The van der Waals surface area contributed by atoms with E-state index in [4.69, 9.17) is 5.73 Å². The van der Waals surface area contributed by atoms with E-state index in [0.29, 0.717) is 11.8 Å². The van der Waals surface area contributed by atoms with E-state index in [0.717, 1.165) is 19.5 Å². The van der Waals surface area contributed by atoms with Crippen molar-refractivity contribution in [3.63, 3.8) is 0 Å². The van der Waals surface area contributed by atoms with Crippen molar-refractivity contribution in [1.82, 2.24) is 4.90 Å². The van der Waals surface area contributed by atoms with Crippen LogP contribution in [0.2, 0.25) is 0 Å². The van der Waals surface area contributed by atoms with Gasteiger partial charge in [0.2, 0.25) is 5.91 Å². The van der Waals surface area contributed by atoms with E-state index in [2.05, 4.69) is 20.8 Å². The molecule has 0 radical (unpaired) electrons. The zero-order valence-electron chi connectivity index (χ0n) is 10.7. The summed E-state index contributed by atoms with van der Waals surface area (Å²) in [7, 11) is 0. The molecule has 2 unspecified atom stereocenters. The number of amides is 1. The summed E-state index contributed by atoms with van der Waals surface area (Å²) in [6, 6.07) is 0.229. The molecule has 2 atom stereocenters. The van der Waals surface area contributed by atoms with Crippen LogP contribution >= 0.6 is 0 Å². The van der Waals surface area contributed by atoms with Crippen molar-refractivity contribution >= 4 is 5.91 Å². The maximum absolute atomic E-state index is 12.3. The Hall–Kier alpha value is -0.570. The fourth-order valence-electron chi connectivity index (χ4n) is 2.65. The summed E-state index contributed by atoms with van der Waals surface area (Å²) in [5, 5.41) is 0. The van der Waals surface area contributed by atoms with Crippen molar-refractivity contribution in [3.05, 3.63) is 0 Å². The van der Waals surface area contributed by atoms with Crippen molar-refractivity contribution in [3.8, 4) is 0 Å². The third-order valence-corrected chi connectivity index (χ3v) is 4.34. The molecule has 0 aromatic carbocycles. The molecule has 1 amide bonds. The van der Waals surface area contributed by atoms with Gasteiger partial charge in [0.05, 0.1) is 0 Å². The Morgan fingerprint density at radius 2 is 2.00 bits per heavy atom. The van der Waals surface area contributed by atoms with Crippen molar-refractivity contribution in [2.24, 2.45) is 23.0 Å². The van der Waals surface area contributed by atoms with Gasteiger partial charge in [0.1, 0.15) is 0 Å². The molecule has 1 aliphatic carbocycles. The van der Waals surface area contributed by atoms with Crippen LogP contribution in [0, 0.1) is 17.3 Å². The third-order valence-electron chi connectivity index (χ3n) is 4.34. The molecule has 3 nitrogen and oxygen atoms in total. The van der Waals surface area contributed by atoms with Crippen molar-refractivity contribution in [2.45, 2.75) is 46.1 Å². The number of nitrogens with two attached hydrogens (primary N) is 1. The topological polar surface area (TPSA) is 46.3 Å². The lowest BCUT2D eigenvalue weighted by atomic mass is 9.79. The smallest absolute Gasteiger partial charge is 0.225 e. The van der Waals surface area contributed by atoms with Crippen LogP contribution in [0.5, 0.6) is 0 Å². The SMILES string of the molecule is CC(C(=O)N1CCC(N)C(C)(C)C1)C1CC1. The Kier molecular flexibility index (Phi) is 2.99. The maximum atomic E-state index is 12.3. The van der Waals surface area contributed by atoms with Gasteiger partial charge in [-0.1, -0.05) is 20.8 Å². The molecular weight excluding hydrogens is 200 g/mol. The zero-order valence-corrected chi connectivity index (χ0v) is 10.7. The Morgan fingerprint density at radius 1 is 1.38 bits per heavy atom. The molecule has 3 heteroatoms. The van der Waals surface area contributed by atoms with Gasteiger partial charge in [-0.05, 0) is 30.6 Å². The molecule has 2 fully saturated rings. The lowest BCUT2D eigenvalue weighted by Gasteiger charge is -2.43. The fraction of sp³-hybridized carbons (Fsp3) is 0.923. The molecule has 1 heterocycles. The second kappa shape index (κ2) is 4.02. The minimum atomic E-state index is 0.0666. The molecule has 2 rings (SSSR count). The van der Waals surface area contributed by atoms with Crippen LogP contribution in [-0.4, -0.2) is 29.9 Å². The highest BCUT2D eigenvalue weighted by Crippen LogP contribution is 2.38. The summed E-state index contributed by atoms with van der Waals surface area (Å²) in [5.74, 6) is 1.24. The first-order valence-electron chi connectivity index (χ1n) is 6.46. The Morgan fingerprint density at radius 3 is 2.50 bits per heavy atom. The number of carbonyl (C=O) groups is 1. The van der Waals surface area contributed by atoms with E-state index in [-0.39, 0.29) is 17.4 Å². The van der Waals surface area contributed by atoms with Crippen molar-refractivity contribution < 1.29 is 4.79 Å². The number of rotatable bonds is 2. The largest absolute Gasteiger partial charge is 0.342 e. The molecule has 0 spiro atoms. The summed E-state index contributed by atoms with van der Waals surface area (Å²) in [4.78, 5) is 14.3. The highest BCUT2D eigenvalue weighted by Gasteiger charge is 2.40. The van der Waals surface area contributed by atoms with E-state index in [1.165, 1.54) is 12.8 Å². The first kappa shape index (κ1) is 11.9. The van der Waals surface area contributed by atoms with Crippen LogP contribution in [0.4, 0.5) is 0 Å². The first-order valence-corrected chi connectivity index (χ1v) is 6.46. The summed E-state index contributed by atoms with van der Waals surface area (Å²) < 4.78 is 0. The third kappa shape index (κ3) is 2.24. The summed E-state index contributed by atoms with van der Waals surface area (Å²) in [6.45, 7) is 8.09. The Labute approximate surface area is 98.4 Å². The molecule has 0 aromatic rings. The van der Waals surface area contributed by atoms with Crippen LogP contribution in [0.25, 0.3) is 0 Å². The van der Waals surface area contributed by atoms with Gasteiger partial charge in [-0.15, -0.1) is 0 Å². The average molecular weight is 224 g/mol. The molecule has 1 saturated heterocycles. The van der Waals surface area contributed by atoms with Gasteiger partial charge in [0.25, 0.3) is 0 Å². The predicted molar refractivity (Wildman–Crippen MR) is 64.8 cm³/mol. The van der Waals surface area contributed by atoms with E-state index in [9.17, 15) is 4.79 Å². The maximum Gasteiger partial charge on any atom is 0.225 e. The normalized spacial score (nSPS) is 31.2. The lowest BCUT2D eigenvalue weighted by molar-refractivity contribution is -0.139. The molecule has 0 bridgehead atoms. The summed E-state index contributed by atoms with van der Waals surface area (Å²) >= 11 is 0. The van der Waals surface area contributed by atoms with Gasteiger partial charge in [0, 0.05) is 25.0 Å². The number of nitrogens with zero attached hydrogens (tertiary/aromatic N) is 1. The van der Waals surface area contributed by atoms with Gasteiger partial charge < -0.3 is 10.6 Å². The number of likely N-dealkylation sites (tertiary alicyclic amines) is 1. The number of carbonyl (C=O) groups excluding carboxylic acids is 1. The van der Waals surface area contributed by atoms with Gasteiger partial charge in [-0.25, -0.2) is 0 Å². The van der Waals surface area contributed by atoms with Crippen LogP contribution in [-0.2, 0) is 4.79 Å². The second-order valence-electron chi connectivity index (χ2n) is 6.27. The predicted octanol–water partition coefficient (Wildman–Crippen LogP) is 1.62. The van der Waals surface area contributed by atoms with Crippen molar-refractivity contribution in [1.29, 1.82) is 0 Å². The molecular formula is C13H24N2O. The van der Waals surface area contributed by atoms with Gasteiger partial charge in [-0.2, -0.15) is 0 Å². The Bertz CT molecular complexity index is 284. The minimum absolute atomic E-state index is 0.0666. The van der Waals surface area contributed by atoms with Crippen LogP contribution in [0.15, 0.2) is 0 Å². The molecule has 1 saturated carbocycles. The lowest BCUT2D eigenvalue weighted by Crippen LogP contribution is -2.55. The fourth-order valence-corrected chi connectivity index (χ4v) is 2.65. The minimum Gasteiger partial charge on any atom is -0.342 e. The molecule has 92 valence electrons. The van der Waals surface area contributed by atoms with E-state index < -0.39 is 0 Å². The molecule has 2 aliphatic rings. The van der Waals surface area contributed by atoms with E-state index in [1.54, 1.807) is 0 Å². The van der Waals surface area contributed by atoms with Gasteiger partial charge >= 0.3 is 0 Å². The van der Waals surface area contributed by atoms with Gasteiger partial charge in [0.15, 0.2) is 0 Å². The quantitative estimate of drug-likeness (QED) is 0.774. The zero-order chi connectivity index (χ0) is 11.9. The second-order valence-corrected chi connectivity index (χ2v) is 6.27. The number of hydrogen-bond donors (Lipinski definition) is 1. The van der Waals surface area contributed by atoms with Crippen LogP contribution in [0.3, 0.4) is 0 Å². The summed E-state index contributed by atoms with van der Waals surface area (Å²) in [6.07, 6.45) is 3.42.